The van der Waals surface area contributed by atoms with E-state index in [-0.39, 0.29) is 0 Å². The van der Waals surface area contributed by atoms with Crippen molar-refractivity contribution in [1.29, 1.82) is 0 Å². The van der Waals surface area contributed by atoms with Crippen LogP contribution in [0.1, 0.15) is 5.56 Å². The summed E-state index contributed by atoms with van der Waals surface area (Å²) in [6.07, 6.45) is 1.63. The summed E-state index contributed by atoms with van der Waals surface area (Å²) in [7, 11) is 3.77. The van der Waals surface area contributed by atoms with Crippen molar-refractivity contribution < 1.29 is 4.74 Å². The molecule has 1 saturated heterocycles. The molecular weight excluding hydrogens is 342 g/mol. The lowest BCUT2D eigenvalue weighted by molar-refractivity contribution is 0.122. The van der Waals surface area contributed by atoms with Crippen LogP contribution in [0.3, 0.4) is 0 Å². The lowest BCUT2D eigenvalue weighted by atomic mass is 10.2. The SMILES string of the molecule is CN(C)c1nc(NN=Cc2ccccc2Cl)nc(N2CCOCC2)n1. The third-order valence-corrected chi connectivity index (χ3v) is 3.92. The number of morpholine rings is 1. The molecule has 0 unspecified atom stereocenters. The molecule has 2 heterocycles. The second kappa shape index (κ2) is 8.09. The van der Waals surface area contributed by atoms with E-state index in [0.29, 0.717) is 36.1 Å². The van der Waals surface area contributed by atoms with Crippen molar-refractivity contribution in [3.05, 3.63) is 34.9 Å². The van der Waals surface area contributed by atoms with Gasteiger partial charge in [0.25, 0.3) is 0 Å². The molecule has 0 aliphatic carbocycles. The van der Waals surface area contributed by atoms with E-state index in [2.05, 4.69) is 30.4 Å². The van der Waals surface area contributed by atoms with Gasteiger partial charge < -0.3 is 14.5 Å². The van der Waals surface area contributed by atoms with Gasteiger partial charge in [0, 0.05) is 37.8 Å². The first kappa shape index (κ1) is 17.4. The minimum atomic E-state index is 0.378. The molecule has 0 saturated carbocycles. The highest BCUT2D eigenvalue weighted by Crippen LogP contribution is 2.17. The van der Waals surface area contributed by atoms with Crippen LogP contribution in [0.15, 0.2) is 29.4 Å². The zero-order valence-corrected chi connectivity index (χ0v) is 14.9. The van der Waals surface area contributed by atoms with Gasteiger partial charge in [-0.25, -0.2) is 5.43 Å². The molecule has 0 spiro atoms. The van der Waals surface area contributed by atoms with Gasteiger partial charge in [-0.15, -0.1) is 0 Å². The maximum atomic E-state index is 6.11. The molecule has 1 N–H and O–H groups in total. The Morgan fingerprint density at radius 2 is 1.96 bits per heavy atom. The van der Waals surface area contributed by atoms with Gasteiger partial charge in [-0.05, 0) is 6.07 Å². The maximum absolute atomic E-state index is 6.11. The molecule has 1 aromatic carbocycles. The van der Waals surface area contributed by atoms with E-state index in [9.17, 15) is 0 Å². The quantitative estimate of drug-likeness (QED) is 0.643. The van der Waals surface area contributed by atoms with E-state index in [4.69, 9.17) is 16.3 Å². The zero-order chi connectivity index (χ0) is 17.6. The van der Waals surface area contributed by atoms with Crippen molar-refractivity contribution in [2.24, 2.45) is 5.10 Å². The molecular formula is C16H20ClN7O. The fraction of sp³-hybridized carbons (Fsp3) is 0.375. The molecule has 0 radical (unpaired) electrons. The van der Waals surface area contributed by atoms with Crippen LogP contribution in [0.4, 0.5) is 17.8 Å². The Labute approximate surface area is 151 Å². The number of nitrogens with one attached hydrogen (secondary N) is 1. The van der Waals surface area contributed by atoms with E-state index in [1.54, 1.807) is 6.21 Å². The van der Waals surface area contributed by atoms with Gasteiger partial charge in [-0.3, -0.25) is 0 Å². The number of anilines is 3. The summed E-state index contributed by atoms with van der Waals surface area (Å²) in [6.45, 7) is 2.82. The summed E-state index contributed by atoms with van der Waals surface area (Å²) in [5, 5.41) is 4.82. The average Bonchev–Trinajstić information content (AvgIpc) is 2.64. The van der Waals surface area contributed by atoms with E-state index < -0.39 is 0 Å². The van der Waals surface area contributed by atoms with Gasteiger partial charge in [0.2, 0.25) is 17.8 Å². The predicted octanol–water partition coefficient (Wildman–Crippen LogP) is 1.87. The molecule has 3 rings (SSSR count). The third-order valence-electron chi connectivity index (χ3n) is 3.58. The number of aromatic nitrogens is 3. The molecule has 1 aliphatic rings. The lowest BCUT2D eigenvalue weighted by Crippen LogP contribution is -2.37. The molecule has 1 aromatic heterocycles. The smallest absolute Gasteiger partial charge is 0.250 e. The minimum Gasteiger partial charge on any atom is -0.378 e. The molecule has 1 fully saturated rings. The molecule has 0 bridgehead atoms. The van der Waals surface area contributed by atoms with Crippen LogP contribution in [0.2, 0.25) is 5.02 Å². The van der Waals surface area contributed by atoms with E-state index in [1.165, 1.54) is 0 Å². The Hall–Kier alpha value is -2.45. The highest BCUT2D eigenvalue weighted by atomic mass is 35.5. The summed E-state index contributed by atoms with van der Waals surface area (Å²) in [4.78, 5) is 17.2. The molecule has 132 valence electrons. The van der Waals surface area contributed by atoms with Gasteiger partial charge in [0.05, 0.1) is 19.4 Å². The normalized spacial score (nSPS) is 14.8. The van der Waals surface area contributed by atoms with E-state index >= 15 is 0 Å². The van der Waals surface area contributed by atoms with Crippen LogP contribution < -0.4 is 15.2 Å². The highest BCUT2D eigenvalue weighted by molar-refractivity contribution is 6.33. The Balaban J connectivity index is 1.80. The number of ether oxygens (including phenoxy) is 1. The van der Waals surface area contributed by atoms with Crippen molar-refractivity contribution in [2.75, 3.05) is 55.6 Å². The first-order valence-corrected chi connectivity index (χ1v) is 8.31. The van der Waals surface area contributed by atoms with Crippen molar-refractivity contribution >= 4 is 35.7 Å². The maximum Gasteiger partial charge on any atom is 0.250 e. The van der Waals surface area contributed by atoms with Gasteiger partial charge in [-0.2, -0.15) is 20.1 Å². The van der Waals surface area contributed by atoms with Gasteiger partial charge >= 0.3 is 0 Å². The Morgan fingerprint density at radius 3 is 2.68 bits per heavy atom. The monoisotopic (exact) mass is 361 g/mol. The molecule has 9 heteroatoms. The summed E-state index contributed by atoms with van der Waals surface area (Å²) in [5.41, 5.74) is 3.67. The minimum absolute atomic E-state index is 0.378. The number of hydrogen-bond donors (Lipinski definition) is 1. The molecule has 8 nitrogen and oxygen atoms in total. The van der Waals surface area contributed by atoms with Crippen LogP contribution in [0.25, 0.3) is 0 Å². The summed E-state index contributed by atoms with van der Waals surface area (Å²) >= 11 is 6.11. The van der Waals surface area contributed by atoms with E-state index in [1.807, 2.05) is 43.3 Å². The van der Waals surface area contributed by atoms with Crippen LogP contribution in [0.5, 0.6) is 0 Å². The predicted molar refractivity (Wildman–Crippen MR) is 99.9 cm³/mol. The average molecular weight is 362 g/mol. The second-order valence-electron chi connectivity index (χ2n) is 5.64. The fourth-order valence-electron chi connectivity index (χ4n) is 2.25. The first-order valence-electron chi connectivity index (χ1n) is 7.93. The van der Waals surface area contributed by atoms with E-state index in [0.717, 1.165) is 18.7 Å². The van der Waals surface area contributed by atoms with Gasteiger partial charge in [0.15, 0.2) is 0 Å². The summed E-state index contributed by atoms with van der Waals surface area (Å²) < 4.78 is 5.38. The van der Waals surface area contributed by atoms with Crippen LogP contribution in [-0.4, -0.2) is 61.6 Å². The Kier molecular flexibility index (Phi) is 5.62. The van der Waals surface area contributed by atoms with Crippen molar-refractivity contribution in [1.82, 2.24) is 15.0 Å². The number of hydrazone groups is 1. The summed E-state index contributed by atoms with van der Waals surface area (Å²) in [5.74, 6) is 1.55. The third kappa shape index (κ3) is 4.55. The second-order valence-corrected chi connectivity index (χ2v) is 6.05. The number of rotatable bonds is 5. The summed E-state index contributed by atoms with van der Waals surface area (Å²) in [6, 6.07) is 7.46. The van der Waals surface area contributed by atoms with Crippen molar-refractivity contribution in [3.8, 4) is 0 Å². The standard InChI is InChI=1S/C16H20ClN7O/c1-23(2)15-19-14(20-16(21-15)24-7-9-25-10-8-24)22-18-11-12-5-3-4-6-13(12)17/h3-6,11H,7-10H2,1-2H3,(H,19,20,21,22). The highest BCUT2D eigenvalue weighted by Gasteiger charge is 2.17. The topological polar surface area (TPSA) is 78.8 Å². The molecule has 0 atom stereocenters. The van der Waals surface area contributed by atoms with Crippen LogP contribution >= 0.6 is 11.6 Å². The molecule has 0 amide bonds. The number of hydrogen-bond acceptors (Lipinski definition) is 8. The van der Waals surface area contributed by atoms with Crippen molar-refractivity contribution in [3.63, 3.8) is 0 Å². The zero-order valence-electron chi connectivity index (χ0n) is 14.2. The Bertz CT molecular complexity index is 747. The van der Waals surface area contributed by atoms with Crippen LogP contribution in [-0.2, 0) is 4.74 Å². The number of nitrogens with zero attached hydrogens (tertiary/aromatic N) is 6. The van der Waals surface area contributed by atoms with Crippen LogP contribution in [0, 0.1) is 0 Å². The number of halogens is 1. The fourth-order valence-corrected chi connectivity index (χ4v) is 2.43. The Morgan fingerprint density at radius 1 is 1.20 bits per heavy atom. The first-order chi connectivity index (χ1) is 12.1. The molecule has 2 aromatic rings. The van der Waals surface area contributed by atoms with Gasteiger partial charge in [0.1, 0.15) is 0 Å². The lowest BCUT2D eigenvalue weighted by Gasteiger charge is -2.27. The number of benzene rings is 1. The van der Waals surface area contributed by atoms with Gasteiger partial charge in [-0.1, -0.05) is 29.8 Å². The molecule has 25 heavy (non-hydrogen) atoms. The van der Waals surface area contributed by atoms with Crippen molar-refractivity contribution in [2.45, 2.75) is 0 Å². The largest absolute Gasteiger partial charge is 0.378 e. The molecule has 1 aliphatic heterocycles.